The number of benzene rings is 1. The zero-order chi connectivity index (χ0) is 13.8. The fourth-order valence-electron chi connectivity index (χ4n) is 1.45. The Morgan fingerprint density at radius 1 is 1.26 bits per heavy atom. The summed E-state index contributed by atoms with van der Waals surface area (Å²) in [7, 11) is 0. The highest BCUT2D eigenvalue weighted by atomic mass is 79.9. The number of ether oxygens (including phenoxy) is 1. The van der Waals surface area contributed by atoms with E-state index in [0.29, 0.717) is 14.2 Å². The van der Waals surface area contributed by atoms with E-state index in [1.54, 1.807) is 6.07 Å². The molecule has 6 heteroatoms. The lowest BCUT2D eigenvalue weighted by Crippen LogP contribution is -2.07. The van der Waals surface area contributed by atoms with Crippen LogP contribution in [0.5, 0.6) is 0 Å². The normalized spacial score (nSPS) is 10.5. The van der Waals surface area contributed by atoms with E-state index in [1.807, 2.05) is 24.3 Å². The van der Waals surface area contributed by atoms with Crippen molar-refractivity contribution < 1.29 is 9.53 Å². The molecule has 0 saturated heterocycles. The van der Waals surface area contributed by atoms with Crippen molar-refractivity contribution in [3.05, 3.63) is 54.6 Å². The van der Waals surface area contributed by atoms with Crippen LogP contribution in [0.15, 0.2) is 34.8 Å². The third-order valence-corrected chi connectivity index (χ3v) is 4.47. The van der Waals surface area contributed by atoms with Crippen LogP contribution < -0.4 is 0 Å². The maximum atomic E-state index is 11.7. The Bertz CT molecular complexity index is 581. The van der Waals surface area contributed by atoms with Crippen LogP contribution in [0.4, 0.5) is 0 Å². The van der Waals surface area contributed by atoms with E-state index in [1.165, 1.54) is 11.3 Å². The molecule has 0 radical (unpaired) electrons. The molecular weight excluding hydrogens is 371 g/mol. The van der Waals surface area contributed by atoms with Gasteiger partial charge in [-0.15, -0.1) is 11.3 Å². The summed E-state index contributed by atoms with van der Waals surface area (Å²) in [4.78, 5) is 11.7. The van der Waals surface area contributed by atoms with Crippen molar-refractivity contribution in [2.45, 2.75) is 13.0 Å². The number of hydrogen-bond donors (Lipinski definition) is 0. The van der Waals surface area contributed by atoms with Crippen LogP contribution in [0.2, 0.25) is 8.67 Å². The number of esters is 1. The minimum atomic E-state index is -0.320. The average Bonchev–Trinajstić information content (AvgIpc) is 2.67. The van der Waals surface area contributed by atoms with E-state index >= 15 is 0 Å². The predicted octanol–water partition coefficient (Wildman–Crippen LogP) is 5.10. The van der Waals surface area contributed by atoms with Crippen molar-refractivity contribution in [2.24, 2.45) is 0 Å². The lowest BCUT2D eigenvalue weighted by Gasteiger charge is -2.04. The minimum Gasteiger partial charge on any atom is -0.461 e. The van der Waals surface area contributed by atoms with Crippen LogP contribution in [0.25, 0.3) is 0 Å². The maximum Gasteiger partial charge on any atom is 0.310 e. The van der Waals surface area contributed by atoms with E-state index in [0.717, 1.165) is 10.0 Å². The van der Waals surface area contributed by atoms with Crippen molar-refractivity contribution in [1.82, 2.24) is 0 Å². The average molecular weight is 380 g/mol. The zero-order valence-electron chi connectivity index (χ0n) is 9.66. The molecule has 0 unspecified atom stereocenters. The van der Waals surface area contributed by atoms with Gasteiger partial charge in [0.15, 0.2) is 0 Å². The van der Waals surface area contributed by atoms with Crippen molar-refractivity contribution in [3.63, 3.8) is 0 Å². The maximum absolute atomic E-state index is 11.7. The van der Waals surface area contributed by atoms with Gasteiger partial charge >= 0.3 is 5.97 Å². The molecular formula is C13H9BrCl2O2S. The molecule has 0 aliphatic heterocycles. The monoisotopic (exact) mass is 378 g/mol. The Hall–Kier alpha value is -0.550. The summed E-state index contributed by atoms with van der Waals surface area (Å²) >= 11 is 16.4. The fraction of sp³-hybridized carbons (Fsp3) is 0.154. The number of thiophene rings is 1. The van der Waals surface area contributed by atoms with Crippen molar-refractivity contribution >= 4 is 56.4 Å². The minimum absolute atomic E-state index is 0.137. The van der Waals surface area contributed by atoms with E-state index < -0.39 is 0 Å². The molecule has 0 aliphatic rings. The summed E-state index contributed by atoms with van der Waals surface area (Å²) in [6.07, 6.45) is 0.137. The molecule has 2 rings (SSSR count). The van der Waals surface area contributed by atoms with E-state index in [2.05, 4.69) is 15.9 Å². The van der Waals surface area contributed by atoms with E-state index in [9.17, 15) is 4.79 Å². The molecule has 2 nitrogen and oxygen atoms in total. The molecule has 19 heavy (non-hydrogen) atoms. The second-order valence-electron chi connectivity index (χ2n) is 3.81. The van der Waals surface area contributed by atoms with Gasteiger partial charge in [-0.2, -0.15) is 0 Å². The van der Waals surface area contributed by atoms with Crippen LogP contribution in [0, 0.1) is 0 Å². The molecule has 0 fully saturated rings. The van der Waals surface area contributed by atoms with Gasteiger partial charge in [0.2, 0.25) is 0 Å². The Morgan fingerprint density at radius 2 is 1.95 bits per heavy atom. The molecule has 1 aromatic heterocycles. The standard InChI is InChI=1S/C13H9BrCl2O2S/c14-10-3-1-8(2-4-10)7-18-12(17)6-9-5-11(15)19-13(9)16/h1-5H,6-7H2. The number of carbonyl (C=O) groups excluding carboxylic acids is 1. The SMILES string of the molecule is O=C(Cc1cc(Cl)sc1Cl)OCc1ccc(Br)cc1. The molecule has 0 atom stereocenters. The second-order valence-corrected chi connectivity index (χ2v) is 7.01. The van der Waals surface area contributed by atoms with Gasteiger partial charge in [-0.3, -0.25) is 4.79 Å². The first-order valence-electron chi connectivity index (χ1n) is 5.38. The first-order chi connectivity index (χ1) is 9.04. The highest BCUT2D eigenvalue weighted by molar-refractivity contribution is 9.10. The predicted molar refractivity (Wildman–Crippen MR) is 82.0 cm³/mol. The van der Waals surface area contributed by atoms with Crippen LogP contribution in [0.1, 0.15) is 11.1 Å². The molecule has 1 aromatic carbocycles. The summed E-state index contributed by atoms with van der Waals surface area (Å²) in [5, 5.41) is 0. The molecule has 0 bridgehead atoms. The lowest BCUT2D eigenvalue weighted by atomic mass is 10.2. The smallest absolute Gasteiger partial charge is 0.310 e. The molecule has 0 spiro atoms. The Balaban J connectivity index is 1.88. The van der Waals surface area contributed by atoms with Crippen molar-refractivity contribution in [3.8, 4) is 0 Å². The molecule has 0 amide bonds. The quantitative estimate of drug-likeness (QED) is 0.690. The van der Waals surface area contributed by atoms with E-state index in [-0.39, 0.29) is 19.0 Å². The summed E-state index contributed by atoms with van der Waals surface area (Å²) in [6, 6.07) is 9.28. The van der Waals surface area contributed by atoms with Gasteiger partial charge in [-0.05, 0) is 29.3 Å². The van der Waals surface area contributed by atoms with Crippen molar-refractivity contribution in [2.75, 3.05) is 0 Å². The molecule has 2 aromatic rings. The first kappa shape index (κ1) is 14.9. The summed E-state index contributed by atoms with van der Waals surface area (Å²) < 4.78 is 7.28. The number of hydrogen-bond acceptors (Lipinski definition) is 3. The Kier molecular flexibility index (Phi) is 5.28. The molecule has 1 heterocycles. The van der Waals surface area contributed by atoms with Gasteiger partial charge in [-0.1, -0.05) is 51.3 Å². The van der Waals surface area contributed by atoms with Crippen LogP contribution in [-0.4, -0.2) is 5.97 Å². The second kappa shape index (κ2) is 6.75. The van der Waals surface area contributed by atoms with Crippen molar-refractivity contribution in [1.29, 1.82) is 0 Å². The molecule has 0 aliphatic carbocycles. The van der Waals surface area contributed by atoms with Crippen LogP contribution in [0.3, 0.4) is 0 Å². The number of carbonyl (C=O) groups is 1. The van der Waals surface area contributed by atoms with Gasteiger partial charge in [0.1, 0.15) is 6.61 Å². The summed E-state index contributed by atoms with van der Waals surface area (Å²) in [5.74, 6) is -0.320. The molecule has 0 N–H and O–H groups in total. The third-order valence-electron chi connectivity index (χ3n) is 2.38. The van der Waals surface area contributed by atoms with Crippen LogP contribution in [-0.2, 0) is 22.6 Å². The van der Waals surface area contributed by atoms with Gasteiger partial charge < -0.3 is 4.74 Å². The highest BCUT2D eigenvalue weighted by Gasteiger charge is 2.11. The summed E-state index contributed by atoms with van der Waals surface area (Å²) in [6.45, 7) is 0.252. The van der Waals surface area contributed by atoms with Gasteiger partial charge in [0.05, 0.1) is 15.1 Å². The molecule has 0 saturated carbocycles. The lowest BCUT2D eigenvalue weighted by molar-refractivity contribution is -0.144. The summed E-state index contributed by atoms with van der Waals surface area (Å²) in [5.41, 5.74) is 1.64. The third kappa shape index (κ3) is 4.49. The number of halogens is 3. The van der Waals surface area contributed by atoms with Crippen LogP contribution >= 0.6 is 50.5 Å². The largest absolute Gasteiger partial charge is 0.461 e. The first-order valence-corrected chi connectivity index (χ1v) is 7.75. The topological polar surface area (TPSA) is 26.3 Å². The van der Waals surface area contributed by atoms with Gasteiger partial charge in [-0.25, -0.2) is 0 Å². The fourth-order valence-corrected chi connectivity index (χ4v) is 3.20. The highest BCUT2D eigenvalue weighted by Crippen LogP contribution is 2.31. The Morgan fingerprint density at radius 3 is 2.53 bits per heavy atom. The van der Waals surface area contributed by atoms with Gasteiger partial charge in [0.25, 0.3) is 0 Å². The molecule has 100 valence electrons. The van der Waals surface area contributed by atoms with Gasteiger partial charge in [0, 0.05) is 4.47 Å². The Labute approximate surface area is 133 Å². The zero-order valence-corrected chi connectivity index (χ0v) is 13.6. The van der Waals surface area contributed by atoms with E-state index in [4.69, 9.17) is 27.9 Å². The number of rotatable bonds is 4.